The van der Waals surface area contributed by atoms with E-state index < -0.39 is 0 Å². The van der Waals surface area contributed by atoms with Crippen LogP contribution < -0.4 is 5.32 Å². The number of aromatic nitrogens is 5. The number of fused-ring (bicyclic) bond motifs is 1. The molecule has 23 heavy (non-hydrogen) atoms. The molecule has 4 rings (SSSR count). The Labute approximate surface area is 133 Å². The average Bonchev–Trinajstić information content (AvgIpc) is 3.26. The van der Waals surface area contributed by atoms with Crippen molar-refractivity contribution in [3.8, 4) is 5.88 Å². The number of aryl methyl sites for hydroxylation is 2. The Bertz CT molecular complexity index is 837. The highest BCUT2D eigenvalue weighted by atomic mass is 16.5. The predicted molar refractivity (Wildman–Crippen MR) is 83.0 cm³/mol. The van der Waals surface area contributed by atoms with Crippen LogP contribution in [0, 0.1) is 13.8 Å². The van der Waals surface area contributed by atoms with Crippen molar-refractivity contribution in [2.24, 2.45) is 0 Å². The van der Waals surface area contributed by atoms with Gasteiger partial charge in [-0.2, -0.15) is 4.68 Å². The van der Waals surface area contributed by atoms with Crippen LogP contribution in [0.2, 0.25) is 0 Å². The molecule has 0 amide bonds. The fraction of sp³-hybridized carbons (Fsp3) is 0.375. The summed E-state index contributed by atoms with van der Waals surface area (Å²) in [6, 6.07) is 8.91. The van der Waals surface area contributed by atoms with Gasteiger partial charge in [-0.25, -0.2) is 0 Å². The molecule has 7 nitrogen and oxygen atoms in total. The Hall–Kier alpha value is -2.54. The summed E-state index contributed by atoms with van der Waals surface area (Å²) in [4.78, 5) is 0. The molecule has 0 unspecified atom stereocenters. The van der Waals surface area contributed by atoms with Crippen molar-refractivity contribution in [1.82, 2.24) is 30.7 Å². The third-order valence-corrected chi connectivity index (χ3v) is 4.50. The van der Waals surface area contributed by atoms with E-state index in [1.54, 1.807) is 4.68 Å². The minimum Gasteiger partial charge on any atom is -0.336 e. The summed E-state index contributed by atoms with van der Waals surface area (Å²) >= 11 is 0. The lowest BCUT2D eigenvalue weighted by Crippen LogP contribution is -2.21. The maximum Gasteiger partial charge on any atom is 0.257 e. The highest BCUT2D eigenvalue weighted by molar-refractivity contribution is 5.34. The summed E-state index contributed by atoms with van der Waals surface area (Å²) in [5.41, 5.74) is 4.59. The van der Waals surface area contributed by atoms with E-state index in [9.17, 15) is 0 Å². The van der Waals surface area contributed by atoms with Crippen molar-refractivity contribution in [3.05, 3.63) is 52.5 Å². The second kappa shape index (κ2) is 5.58. The van der Waals surface area contributed by atoms with Gasteiger partial charge in [0, 0.05) is 11.6 Å². The fourth-order valence-corrected chi connectivity index (χ4v) is 3.06. The van der Waals surface area contributed by atoms with E-state index in [-0.39, 0.29) is 0 Å². The van der Waals surface area contributed by atoms with Gasteiger partial charge >= 0.3 is 0 Å². The van der Waals surface area contributed by atoms with Crippen molar-refractivity contribution >= 4 is 0 Å². The Morgan fingerprint density at radius 3 is 3.00 bits per heavy atom. The molecule has 0 saturated carbocycles. The van der Waals surface area contributed by atoms with Crippen LogP contribution in [-0.2, 0) is 13.0 Å². The minimum atomic E-state index is 0.342. The standard InChI is InChI=1S/C16H18N6O/c1-10-11(2)19-23-16(10)22-15(18-20-21-22)9-17-14-8-7-12-5-3-4-6-13(12)14/h3-6,14,17H,7-9H2,1-2H3/t14-/m1/s1. The number of hydrogen-bond donors (Lipinski definition) is 1. The predicted octanol–water partition coefficient (Wildman–Crippen LogP) is 2.04. The average molecular weight is 310 g/mol. The van der Waals surface area contributed by atoms with Gasteiger partial charge in [0.15, 0.2) is 5.82 Å². The van der Waals surface area contributed by atoms with E-state index in [2.05, 4.69) is 50.3 Å². The topological polar surface area (TPSA) is 81.7 Å². The van der Waals surface area contributed by atoms with Gasteiger partial charge in [0.25, 0.3) is 5.88 Å². The molecule has 1 aliphatic rings. The zero-order valence-corrected chi connectivity index (χ0v) is 13.2. The van der Waals surface area contributed by atoms with Crippen LogP contribution in [0.25, 0.3) is 5.88 Å². The van der Waals surface area contributed by atoms with Crippen molar-refractivity contribution in [2.75, 3.05) is 0 Å². The Kier molecular flexibility index (Phi) is 3.42. The number of nitrogens with one attached hydrogen (secondary N) is 1. The van der Waals surface area contributed by atoms with Crippen LogP contribution in [0.5, 0.6) is 0 Å². The van der Waals surface area contributed by atoms with Gasteiger partial charge < -0.3 is 9.84 Å². The van der Waals surface area contributed by atoms with Crippen LogP contribution in [0.3, 0.4) is 0 Å². The first-order chi connectivity index (χ1) is 11.2. The second-order valence-corrected chi connectivity index (χ2v) is 5.88. The molecule has 118 valence electrons. The maximum atomic E-state index is 5.35. The van der Waals surface area contributed by atoms with E-state index in [0.717, 1.165) is 24.1 Å². The zero-order valence-electron chi connectivity index (χ0n) is 13.2. The summed E-state index contributed by atoms with van der Waals surface area (Å²) in [5.74, 6) is 1.30. The Balaban J connectivity index is 1.53. The van der Waals surface area contributed by atoms with Gasteiger partial charge in [-0.1, -0.05) is 29.4 Å². The SMILES string of the molecule is Cc1noc(-n2nnnc2CN[C@@H]2CCc3ccccc32)c1C. The number of hydrogen-bond acceptors (Lipinski definition) is 6. The third kappa shape index (κ3) is 2.43. The molecule has 2 aromatic heterocycles. The molecule has 3 aromatic rings. The molecule has 0 spiro atoms. The van der Waals surface area contributed by atoms with Crippen molar-refractivity contribution < 1.29 is 4.52 Å². The lowest BCUT2D eigenvalue weighted by molar-refractivity contribution is 0.386. The molecular weight excluding hydrogens is 292 g/mol. The molecule has 0 aliphatic heterocycles. The van der Waals surface area contributed by atoms with Gasteiger partial charge in [0.1, 0.15) is 0 Å². The van der Waals surface area contributed by atoms with Crippen molar-refractivity contribution in [1.29, 1.82) is 0 Å². The largest absolute Gasteiger partial charge is 0.336 e. The third-order valence-electron chi connectivity index (χ3n) is 4.50. The minimum absolute atomic E-state index is 0.342. The van der Waals surface area contributed by atoms with Gasteiger partial charge in [-0.15, -0.1) is 5.10 Å². The van der Waals surface area contributed by atoms with Crippen molar-refractivity contribution in [3.63, 3.8) is 0 Å². The summed E-state index contributed by atoms with van der Waals surface area (Å²) in [6.45, 7) is 4.43. The molecule has 7 heteroatoms. The highest BCUT2D eigenvalue weighted by Gasteiger charge is 2.23. The smallest absolute Gasteiger partial charge is 0.257 e. The van der Waals surface area contributed by atoms with E-state index in [1.807, 2.05) is 13.8 Å². The maximum absolute atomic E-state index is 5.35. The Morgan fingerprint density at radius 1 is 1.30 bits per heavy atom. The van der Waals surface area contributed by atoms with E-state index in [4.69, 9.17) is 4.52 Å². The summed E-state index contributed by atoms with van der Waals surface area (Å²) in [7, 11) is 0. The lowest BCUT2D eigenvalue weighted by atomic mass is 10.1. The van der Waals surface area contributed by atoms with E-state index >= 15 is 0 Å². The van der Waals surface area contributed by atoms with Crippen LogP contribution in [0.4, 0.5) is 0 Å². The molecule has 0 saturated heterocycles. The Morgan fingerprint density at radius 2 is 2.17 bits per heavy atom. The van der Waals surface area contributed by atoms with Crippen LogP contribution in [-0.4, -0.2) is 25.4 Å². The molecule has 2 heterocycles. The quantitative estimate of drug-likeness (QED) is 0.794. The van der Waals surface area contributed by atoms with E-state index in [1.165, 1.54) is 11.1 Å². The summed E-state index contributed by atoms with van der Waals surface area (Å²) < 4.78 is 6.97. The first-order valence-electron chi connectivity index (χ1n) is 7.75. The molecule has 0 radical (unpaired) electrons. The van der Waals surface area contributed by atoms with Crippen LogP contribution in [0.15, 0.2) is 28.8 Å². The zero-order chi connectivity index (χ0) is 15.8. The highest BCUT2D eigenvalue weighted by Crippen LogP contribution is 2.30. The molecule has 1 N–H and O–H groups in total. The molecule has 1 aliphatic carbocycles. The number of benzene rings is 1. The van der Waals surface area contributed by atoms with Crippen LogP contribution >= 0.6 is 0 Å². The van der Waals surface area contributed by atoms with Gasteiger partial charge in [-0.05, 0) is 48.2 Å². The normalized spacial score (nSPS) is 16.7. The molecule has 0 bridgehead atoms. The number of tetrazole rings is 1. The molecule has 0 fully saturated rings. The van der Waals surface area contributed by atoms with Crippen LogP contribution in [0.1, 0.15) is 40.7 Å². The summed E-state index contributed by atoms with van der Waals surface area (Å²) in [6.07, 6.45) is 2.21. The van der Waals surface area contributed by atoms with Gasteiger partial charge in [-0.3, -0.25) is 0 Å². The lowest BCUT2D eigenvalue weighted by Gasteiger charge is -2.13. The number of rotatable bonds is 4. The monoisotopic (exact) mass is 310 g/mol. The van der Waals surface area contributed by atoms with Gasteiger partial charge in [0.2, 0.25) is 0 Å². The second-order valence-electron chi connectivity index (χ2n) is 5.88. The summed E-state index contributed by atoms with van der Waals surface area (Å²) in [5, 5.41) is 19.4. The first kappa shape index (κ1) is 14.1. The van der Waals surface area contributed by atoms with Crippen molar-refractivity contribution in [2.45, 2.75) is 39.3 Å². The van der Waals surface area contributed by atoms with E-state index in [0.29, 0.717) is 24.3 Å². The fourth-order valence-electron chi connectivity index (χ4n) is 3.06. The number of nitrogens with zero attached hydrogens (tertiary/aromatic N) is 5. The van der Waals surface area contributed by atoms with Gasteiger partial charge in [0.05, 0.1) is 12.2 Å². The molecular formula is C16H18N6O. The molecule has 1 aromatic carbocycles. The molecule has 1 atom stereocenters. The first-order valence-corrected chi connectivity index (χ1v) is 7.75.